The van der Waals surface area contributed by atoms with Crippen LogP contribution in [0.3, 0.4) is 0 Å². The molecule has 0 bridgehead atoms. The molecule has 3 N–H and O–H groups in total. The van der Waals surface area contributed by atoms with Crippen molar-refractivity contribution in [2.45, 2.75) is 20.3 Å². The standard InChI is InChI=1S/C22H20N6O/c1-3-17-15(12-23)22(14-10-16(24)21(29-4-2)11-19(14)28-17)27-13-5-6-18-20(9-13)26-8-7-25-18/h5-11H,3-4,24H2,1-2H3,(H,27,28). The summed E-state index contributed by atoms with van der Waals surface area (Å²) in [7, 11) is 0. The van der Waals surface area contributed by atoms with E-state index in [4.69, 9.17) is 10.5 Å². The van der Waals surface area contributed by atoms with Crippen LogP contribution in [-0.2, 0) is 6.42 Å². The van der Waals surface area contributed by atoms with Gasteiger partial charge in [0.1, 0.15) is 11.8 Å². The number of rotatable bonds is 5. The third-order valence-corrected chi connectivity index (χ3v) is 4.68. The van der Waals surface area contributed by atoms with Gasteiger partial charge in [-0.2, -0.15) is 5.26 Å². The molecule has 0 saturated heterocycles. The average molecular weight is 384 g/mol. The highest BCUT2D eigenvalue weighted by Crippen LogP contribution is 2.36. The van der Waals surface area contributed by atoms with Crippen molar-refractivity contribution in [2.75, 3.05) is 17.7 Å². The van der Waals surface area contributed by atoms with Gasteiger partial charge in [0.2, 0.25) is 0 Å². The molecule has 0 amide bonds. The van der Waals surface area contributed by atoms with Crippen molar-refractivity contribution in [3.8, 4) is 11.8 Å². The Morgan fingerprint density at radius 3 is 2.59 bits per heavy atom. The molecule has 29 heavy (non-hydrogen) atoms. The van der Waals surface area contributed by atoms with Crippen molar-refractivity contribution >= 4 is 39.0 Å². The maximum absolute atomic E-state index is 9.84. The minimum atomic E-state index is 0.502. The number of pyridine rings is 1. The Hall–Kier alpha value is -3.92. The number of hydrogen-bond acceptors (Lipinski definition) is 7. The van der Waals surface area contributed by atoms with Crippen molar-refractivity contribution in [3.05, 3.63) is 54.0 Å². The van der Waals surface area contributed by atoms with Gasteiger partial charge in [0.25, 0.3) is 0 Å². The second-order valence-electron chi connectivity index (χ2n) is 6.50. The Morgan fingerprint density at radius 1 is 1.07 bits per heavy atom. The molecule has 2 aromatic heterocycles. The Kier molecular flexibility index (Phi) is 4.83. The third-order valence-electron chi connectivity index (χ3n) is 4.68. The topological polar surface area (TPSA) is 110 Å². The Bertz CT molecular complexity index is 1260. The highest BCUT2D eigenvalue weighted by atomic mass is 16.5. The first-order valence-corrected chi connectivity index (χ1v) is 9.41. The number of aromatic nitrogens is 3. The summed E-state index contributed by atoms with van der Waals surface area (Å²) < 4.78 is 5.62. The lowest BCUT2D eigenvalue weighted by molar-refractivity contribution is 0.342. The maximum atomic E-state index is 9.84. The van der Waals surface area contributed by atoms with E-state index in [1.54, 1.807) is 18.5 Å². The van der Waals surface area contributed by atoms with Gasteiger partial charge in [-0.1, -0.05) is 6.92 Å². The number of anilines is 3. The van der Waals surface area contributed by atoms with E-state index in [1.165, 1.54) is 0 Å². The number of hydrogen-bond donors (Lipinski definition) is 2. The lowest BCUT2D eigenvalue weighted by Gasteiger charge is -2.16. The van der Waals surface area contributed by atoms with Crippen molar-refractivity contribution in [2.24, 2.45) is 0 Å². The van der Waals surface area contributed by atoms with E-state index in [-0.39, 0.29) is 0 Å². The van der Waals surface area contributed by atoms with Crippen LogP contribution < -0.4 is 15.8 Å². The molecule has 0 atom stereocenters. The Labute approximate surface area is 168 Å². The van der Waals surface area contributed by atoms with E-state index in [0.717, 1.165) is 33.3 Å². The van der Waals surface area contributed by atoms with E-state index >= 15 is 0 Å². The zero-order chi connectivity index (χ0) is 20.4. The predicted molar refractivity (Wildman–Crippen MR) is 114 cm³/mol. The fourth-order valence-electron chi connectivity index (χ4n) is 3.33. The number of nitrogens with two attached hydrogens (primary N) is 1. The summed E-state index contributed by atoms with van der Waals surface area (Å²) in [5.74, 6) is 0.589. The molecule has 0 aliphatic carbocycles. The molecule has 0 fully saturated rings. The van der Waals surface area contributed by atoms with E-state index in [1.807, 2.05) is 38.1 Å². The zero-order valence-electron chi connectivity index (χ0n) is 16.2. The molecule has 0 aliphatic rings. The molecule has 4 aromatic rings. The fraction of sp³-hybridized carbons (Fsp3) is 0.182. The monoisotopic (exact) mass is 384 g/mol. The molecule has 0 radical (unpaired) electrons. The van der Waals surface area contributed by atoms with Crippen LogP contribution in [0.15, 0.2) is 42.7 Å². The van der Waals surface area contributed by atoms with Crippen LogP contribution in [0.1, 0.15) is 25.1 Å². The minimum absolute atomic E-state index is 0.502. The number of nitriles is 1. The molecule has 0 aliphatic heterocycles. The first kappa shape index (κ1) is 18.4. The SMILES string of the molecule is CCOc1cc2nc(CC)c(C#N)c(Nc3ccc4nccnc4c3)c2cc1N. The second-order valence-corrected chi connectivity index (χ2v) is 6.50. The second kappa shape index (κ2) is 7.60. The number of fused-ring (bicyclic) bond motifs is 2. The van der Waals surface area contributed by atoms with E-state index < -0.39 is 0 Å². The van der Waals surface area contributed by atoms with Gasteiger partial charge in [-0.25, -0.2) is 0 Å². The summed E-state index contributed by atoms with van der Waals surface area (Å²) in [5, 5.41) is 14.0. The number of ether oxygens (including phenoxy) is 1. The van der Waals surface area contributed by atoms with Crippen molar-refractivity contribution in [1.29, 1.82) is 5.26 Å². The summed E-state index contributed by atoms with van der Waals surface area (Å²) in [6.07, 6.45) is 3.94. The fourth-order valence-corrected chi connectivity index (χ4v) is 3.33. The summed E-state index contributed by atoms with van der Waals surface area (Å²) >= 11 is 0. The minimum Gasteiger partial charge on any atom is -0.492 e. The van der Waals surface area contributed by atoms with Gasteiger partial charge in [0.05, 0.1) is 45.8 Å². The van der Waals surface area contributed by atoms with Crippen LogP contribution in [0.4, 0.5) is 17.1 Å². The van der Waals surface area contributed by atoms with Crippen molar-refractivity contribution < 1.29 is 4.74 Å². The summed E-state index contributed by atoms with van der Waals surface area (Å²) in [4.78, 5) is 13.3. The number of nitrogens with one attached hydrogen (secondary N) is 1. The molecular weight excluding hydrogens is 364 g/mol. The third kappa shape index (κ3) is 3.36. The lowest BCUT2D eigenvalue weighted by Crippen LogP contribution is -2.04. The molecule has 0 spiro atoms. The molecule has 144 valence electrons. The number of nitrogen functional groups attached to an aromatic ring is 1. The van der Waals surface area contributed by atoms with Gasteiger partial charge in [-0.15, -0.1) is 0 Å². The van der Waals surface area contributed by atoms with Gasteiger partial charge >= 0.3 is 0 Å². The first-order valence-electron chi connectivity index (χ1n) is 9.41. The van der Waals surface area contributed by atoms with E-state index in [9.17, 15) is 5.26 Å². The van der Waals surface area contributed by atoms with Crippen molar-refractivity contribution in [1.82, 2.24) is 15.0 Å². The highest BCUT2D eigenvalue weighted by molar-refractivity contribution is 5.99. The smallest absolute Gasteiger partial charge is 0.144 e. The molecule has 4 rings (SSSR count). The van der Waals surface area contributed by atoms with Crippen LogP contribution in [-0.4, -0.2) is 21.6 Å². The summed E-state index contributed by atoms with van der Waals surface area (Å²) in [6, 6.07) is 11.6. The van der Waals surface area contributed by atoms with Crippen LogP contribution in [0.5, 0.6) is 5.75 Å². The number of nitrogens with zero attached hydrogens (tertiary/aromatic N) is 4. The van der Waals surface area contributed by atoms with Crippen molar-refractivity contribution in [3.63, 3.8) is 0 Å². The number of benzene rings is 2. The molecule has 2 aromatic carbocycles. The molecule has 7 nitrogen and oxygen atoms in total. The van der Waals surface area contributed by atoms with Gasteiger partial charge in [-0.3, -0.25) is 15.0 Å². The lowest BCUT2D eigenvalue weighted by atomic mass is 10.0. The van der Waals surface area contributed by atoms with Gasteiger partial charge in [0.15, 0.2) is 0 Å². The largest absolute Gasteiger partial charge is 0.492 e. The summed E-state index contributed by atoms with van der Waals surface area (Å²) in [6.45, 7) is 4.39. The molecule has 7 heteroatoms. The van der Waals surface area contributed by atoms with E-state index in [2.05, 4.69) is 26.3 Å². The number of aryl methyl sites for hydroxylation is 1. The van der Waals surface area contributed by atoms with Gasteiger partial charge < -0.3 is 15.8 Å². The Morgan fingerprint density at radius 2 is 1.86 bits per heavy atom. The quantitative estimate of drug-likeness (QED) is 0.493. The van der Waals surface area contributed by atoms with Crippen LogP contribution in [0.2, 0.25) is 0 Å². The maximum Gasteiger partial charge on any atom is 0.144 e. The van der Waals surface area contributed by atoms with Gasteiger partial charge in [0, 0.05) is 29.5 Å². The molecular formula is C22H20N6O. The normalized spacial score (nSPS) is 10.8. The van der Waals surface area contributed by atoms with Crippen LogP contribution >= 0.6 is 0 Å². The molecule has 0 saturated carbocycles. The highest BCUT2D eigenvalue weighted by Gasteiger charge is 2.17. The molecule has 2 heterocycles. The van der Waals surface area contributed by atoms with Crippen LogP contribution in [0.25, 0.3) is 21.9 Å². The zero-order valence-corrected chi connectivity index (χ0v) is 16.2. The van der Waals surface area contributed by atoms with Crippen LogP contribution in [0, 0.1) is 11.3 Å². The predicted octanol–water partition coefficient (Wildman–Crippen LogP) is 4.34. The van der Waals surface area contributed by atoms with Gasteiger partial charge in [-0.05, 0) is 37.6 Å². The molecule has 0 unspecified atom stereocenters. The summed E-state index contributed by atoms with van der Waals surface area (Å²) in [5.41, 5.74) is 11.7. The Balaban J connectivity index is 1.92. The first-order chi connectivity index (χ1) is 14.1. The van der Waals surface area contributed by atoms with E-state index in [0.29, 0.717) is 35.7 Å². The average Bonchev–Trinajstić information content (AvgIpc) is 2.74.